The number of rotatable bonds is 6. The molecule has 0 saturated carbocycles. The van der Waals surface area contributed by atoms with Gasteiger partial charge in [-0.1, -0.05) is 39.4 Å². The van der Waals surface area contributed by atoms with E-state index in [1.807, 2.05) is 11.8 Å². The summed E-state index contributed by atoms with van der Waals surface area (Å²) in [5.74, 6) is 2.06. The first-order chi connectivity index (χ1) is 6.25. The molecule has 0 aromatic heterocycles. The van der Waals surface area contributed by atoms with Gasteiger partial charge < -0.3 is 4.43 Å². The van der Waals surface area contributed by atoms with Gasteiger partial charge in [-0.05, 0) is 18.8 Å². The van der Waals surface area contributed by atoms with Crippen molar-refractivity contribution in [2.45, 2.75) is 52.5 Å². The Hall–Kier alpha value is 0.744. The van der Waals surface area contributed by atoms with Crippen LogP contribution in [0.2, 0.25) is 31.7 Å². The third-order valence-electron chi connectivity index (χ3n) is 3.70. The van der Waals surface area contributed by atoms with Crippen molar-refractivity contribution in [1.82, 2.24) is 0 Å². The predicted octanol–water partition coefficient (Wildman–Crippen LogP) is 4.12. The molecule has 0 atom stereocenters. The minimum Gasteiger partial charge on any atom is -0.411 e. The fourth-order valence-electron chi connectivity index (χ4n) is 1.15. The quantitative estimate of drug-likeness (QED) is 0.398. The Morgan fingerprint density at radius 3 is 2.00 bits per heavy atom. The number of thioether (sulfide) groups is 1. The monoisotopic (exact) mass is 250 g/mol. The highest BCUT2D eigenvalue weighted by atomic mass is 32.2. The summed E-state index contributed by atoms with van der Waals surface area (Å²) in [6.45, 7) is 16.7. The summed E-state index contributed by atoms with van der Waals surface area (Å²) in [7, 11) is -2.57. The molecule has 0 unspecified atom stereocenters. The molecule has 0 bridgehead atoms. The Bertz CT molecular complexity index is 170. The van der Waals surface area contributed by atoms with Gasteiger partial charge in [-0.15, -0.1) is 11.8 Å². The van der Waals surface area contributed by atoms with Crippen LogP contribution >= 0.6 is 11.8 Å². The second-order valence-corrected chi connectivity index (χ2v) is 21.7. The van der Waals surface area contributed by atoms with Crippen LogP contribution in [-0.4, -0.2) is 27.1 Å². The molecule has 4 heteroatoms. The first-order valence-electron chi connectivity index (χ1n) is 5.47. The largest absolute Gasteiger partial charge is 0.411 e. The lowest BCUT2D eigenvalue weighted by atomic mass is 10.6. The fraction of sp³-hybridized carbons (Fsp3) is 1.00. The van der Waals surface area contributed by atoms with Gasteiger partial charge in [0.05, 0.1) is 13.5 Å². The van der Waals surface area contributed by atoms with Crippen molar-refractivity contribution >= 4 is 27.2 Å². The van der Waals surface area contributed by atoms with Crippen LogP contribution < -0.4 is 0 Å². The fourth-order valence-corrected chi connectivity index (χ4v) is 10.4. The lowest BCUT2D eigenvalue weighted by molar-refractivity contribution is 0.396. The van der Waals surface area contributed by atoms with Crippen molar-refractivity contribution in [2.75, 3.05) is 11.7 Å². The van der Waals surface area contributed by atoms with E-state index >= 15 is 0 Å². The zero-order chi connectivity index (χ0) is 11.4. The van der Waals surface area contributed by atoms with Crippen LogP contribution in [0.3, 0.4) is 0 Å². The van der Waals surface area contributed by atoms with E-state index in [4.69, 9.17) is 4.43 Å². The molecule has 0 rings (SSSR count). The van der Waals surface area contributed by atoms with Crippen molar-refractivity contribution in [3.05, 3.63) is 0 Å². The van der Waals surface area contributed by atoms with Crippen LogP contribution in [-0.2, 0) is 4.43 Å². The minimum absolute atomic E-state index is 0.829. The maximum Gasteiger partial charge on any atom is 0.175 e. The van der Waals surface area contributed by atoms with Crippen LogP contribution in [0.4, 0.5) is 0 Å². The Morgan fingerprint density at radius 1 is 1.14 bits per heavy atom. The first-order valence-corrected chi connectivity index (χ1v) is 13.6. The van der Waals surface area contributed by atoms with E-state index in [1.165, 1.54) is 0 Å². The molecular formula is C10H26OSSi2. The van der Waals surface area contributed by atoms with E-state index in [2.05, 4.69) is 47.0 Å². The van der Waals surface area contributed by atoms with Gasteiger partial charge in [-0.25, -0.2) is 0 Å². The second-order valence-electron chi connectivity index (χ2n) is 5.14. The van der Waals surface area contributed by atoms with Gasteiger partial charge in [0.1, 0.15) is 0 Å². The van der Waals surface area contributed by atoms with Crippen molar-refractivity contribution in [3.8, 4) is 0 Å². The van der Waals surface area contributed by atoms with Crippen LogP contribution in [0.5, 0.6) is 0 Å². The van der Waals surface area contributed by atoms with E-state index in [9.17, 15) is 0 Å². The smallest absolute Gasteiger partial charge is 0.175 e. The Kier molecular flexibility index (Phi) is 6.03. The topological polar surface area (TPSA) is 9.23 Å². The second kappa shape index (κ2) is 5.73. The van der Waals surface area contributed by atoms with Crippen molar-refractivity contribution < 1.29 is 4.43 Å². The van der Waals surface area contributed by atoms with E-state index < -0.39 is 15.4 Å². The first kappa shape index (κ1) is 14.7. The predicted molar refractivity (Wildman–Crippen MR) is 74.1 cm³/mol. The zero-order valence-electron chi connectivity index (χ0n) is 10.8. The van der Waals surface area contributed by atoms with Crippen molar-refractivity contribution in [1.29, 1.82) is 0 Å². The minimum atomic E-state index is -1.41. The van der Waals surface area contributed by atoms with Gasteiger partial charge in [-0.2, -0.15) is 0 Å². The van der Waals surface area contributed by atoms with Crippen LogP contribution in [0.1, 0.15) is 20.8 Å². The van der Waals surface area contributed by atoms with Crippen LogP contribution in [0, 0.1) is 0 Å². The molecule has 14 heavy (non-hydrogen) atoms. The van der Waals surface area contributed by atoms with E-state index in [-0.39, 0.29) is 0 Å². The number of hydrogen-bond acceptors (Lipinski definition) is 2. The summed E-state index contributed by atoms with van der Waals surface area (Å²) in [4.78, 5) is 0. The highest BCUT2D eigenvalue weighted by Gasteiger charge is 2.44. The zero-order valence-corrected chi connectivity index (χ0v) is 13.6. The SMILES string of the molecule is CCSCO[Si](C)(C)[Si](C)(C)C(C)C. The molecule has 0 aliphatic rings. The van der Waals surface area contributed by atoms with Crippen LogP contribution in [0.15, 0.2) is 0 Å². The maximum atomic E-state index is 6.16. The van der Waals surface area contributed by atoms with Gasteiger partial charge in [0.15, 0.2) is 7.83 Å². The Morgan fingerprint density at radius 2 is 1.64 bits per heavy atom. The van der Waals surface area contributed by atoms with Crippen LogP contribution in [0.25, 0.3) is 0 Å². The van der Waals surface area contributed by atoms with E-state index in [0.29, 0.717) is 0 Å². The molecule has 0 N–H and O–H groups in total. The van der Waals surface area contributed by atoms with Gasteiger partial charge in [0, 0.05) is 0 Å². The summed E-state index contributed by atoms with van der Waals surface area (Å²) >= 11 is 1.90. The highest BCUT2D eigenvalue weighted by molar-refractivity contribution is 7.99. The summed E-state index contributed by atoms with van der Waals surface area (Å²) in [6, 6.07) is 0. The normalized spacial score (nSPS) is 13.7. The molecule has 0 aliphatic heterocycles. The summed E-state index contributed by atoms with van der Waals surface area (Å²) in [6.07, 6.45) is 0. The maximum absolute atomic E-state index is 6.16. The molecule has 0 aliphatic carbocycles. The lowest BCUT2D eigenvalue weighted by Crippen LogP contribution is -2.58. The molecule has 0 fully saturated rings. The molecule has 1 nitrogen and oxygen atoms in total. The summed E-state index contributed by atoms with van der Waals surface area (Å²) < 4.78 is 6.16. The average molecular weight is 251 g/mol. The van der Waals surface area contributed by atoms with E-state index in [0.717, 1.165) is 17.2 Å². The summed E-state index contributed by atoms with van der Waals surface area (Å²) in [5, 5.41) is 0. The highest BCUT2D eigenvalue weighted by Crippen LogP contribution is 2.31. The average Bonchev–Trinajstić information content (AvgIpc) is 2.04. The van der Waals surface area contributed by atoms with Gasteiger partial charge in [0.25, 0.3) is 0 Å². The molecule has 0 amide bonds. The van der Waals surface area contributed by atoms with Crippen molar-refractivity contribution in [2.24, 2.45) is 0 Å². The molecule has 0 radical (unpaired) electrons. The van der Waals surface area contributed by atoms with Gasteiger partial charge in [0.2, 0.25) is 0 Å². The van der Waals surface area contributed by atoms with Crippen molar-refractivity contribution in [3.63, 3.8) is 0 Å². The molecule has 0 spiro atoms. The molecule has 0 aromatic rings. The standard InChI is InChI=1S/C10H26OSSi2/c1-8-12-9-11-14(6,7)13(4,5)10(2)3/h10H,8-9H2,1-7H3. The molecule has 0 aromatic carbocycles. The van der Waals surface area contributed by atoms with Gasteiger partial charge in [-0.3, -0.25) is 0 Å². The third-order valence-corrected chi connectivity index (χ3v) is 22.9. The van der Waals surface area contributed by atoms with Gasteiger partial charge >= 0.3 is 0 Å². The third kappa shape index (κ3) is 3.72. The Balaban J connectivity index is 4.29. The lowest BCUT2D eigenvalue weighted by Gasteiger charge is -2.40. The summed E-state index contributed by atoms with van der Waals surface area (Å²) in [5.41, 5.74) is 0.829. The molecular weight excluding hydrogens is 224 g/mol. The number of hydrogen-bond donors (Lipinski definition) is 0. The molecule has 0 heterocycles. The van der Waals surface area contributed by atoms with E-state index in [1.54, 1.807) is 0 Å². The molecule has 86 valence electrons. The molecule has 0 saturated heterocycles. The Labute approximate surface area is 95.9 Å².